The van der Waals surface area contributed by atoms with Crippen LogP contribution in [0.5, 0.6) is 0 Å². The summed E-state index contributed by atoms with van der Waals surface area (Å²) in [5.41, 5.74) is 3.63. The van der Waals surface area contributed by atoms with E-state index >= 15 is 0 Å². The first-order chi connectivity index (χ1) is 12.2. The fourth-order valence-corrected chi connectivity index (χ4v) is 4.84. The lowest BCUT2D eigenvalue weighted by Gasteiger charge is -2.13. The molecule has 4 nitrogen and oxygen atoms in total. The Morgan fingerprint density at radius 3 is 2.72 bits per heavy atom. The van der Waals surface area contributed by atoms with Crippen LogP contribution in [-0.4, -0.2) is 25.8 Å². The fourth-order valence-electron chi connectivity index (χ4n) is 3.84. The maximum absolute atomic E-state index is 12.9. The molecule has 1 aromatic carbocycles. The van der Waals surface area contributed by atoms with Gasteiger partial charge in [0.25, 0.3) is 0 Å². The lowest BCUT2D eigenvalue weighted by atomic mass is 10.0. The average molecular weight is 353 g/mol. The highest BCUT2D eigenvalue weighted by atomic mass is 32.2. The van der Waals surface area contributed by atoms with Crippen LogP contribution >= 0.6 is 11.8 Å². The monoisotopic (exact) mass is 353 g/mol. The Bertz CT molecular complexity index is 835. The summed E-state index contributed by atoms with van der Waals surface area (Å²) in [6.07, 6.45) is 8.39. The fraction of sp³-hybridized carbons (Fsp3) is 0.550. The number of nitrogens with zero attached hydrogens (tertiary/aromatic N) is 3. The second-order valence-corrected chi connectivity index (χ2v) is 8.99. The number of carbonyl (C=O) groups is 1. The van der Waals surface area contributed by atoms with Gasteiger partial charge in [-0.15, -0.1) is 10.2 Å². The van der Waals surface area contributed by atoms with Gasteiger partial charge in [0.05, 0.1) is 5.25 Å². The molecular formula is C20H23N3OS. The van der Waals surface area contributed by atoms with E-state index in [1.165, 1.54) is 43.2 Å². The Balaban J connectivity index is 1.36. The summed E-state index contributed by atoms with van der Waals surface area (Å²) in [7, 11) is 0. The second kappa shape index (κ2) is 5.97. The van der Waals surface area contributed by atoms with Crippen LogP contribution in [0.2, 0.25) is 0 Å². The summed E-state index contributed by atoms with van der Waals surface area (Å²) in [5, 5.41) is 9.69. The van der Waals surface area contributed by atoms with Crippen molar-refractivity contribution >= 4 is 17.5 Å². The van der Waals surface area contributed by atoms with E-state index in [9.17, 15) is 4.79 Å². The van der Waals surface area contributed by atoms with Crippen LogP contribution in [0.25, 0.3) is 0 Å². The van der Waals surface area contributed by atoms with E-state index in [0.717, 1.165) is 29.4 Å². The van der Waals surface area contributed by atoms with Gasteiger partial charge in [-0.25, -0.2) is 0 Å². The molecule has 0 amide bonds. The van der Waals surface area contributed by atoms with Crippen LogP contribution in [0, 0.1) is 0 Å². The predicted molar refractivity (Wildman–Crippen MR) is 98.4 cm³/mol. The molecule has 25 heavy (non-hydrogen) atoms. The van der Waals surface area contributed by atoms with E-state index in [0.29, 0.717) is 12.0 Å². The molecule has 5 rings (SSSR count). The maximum atomic E-state index is 12.9. The van der Waals surface area contributed by atoms with Crippen molar-refractivity contribution in [1.82, 2.24) is 14.8 Å². The minimum absolute atomic E-state index is 0.131. The molecule has 0 unspecified atom stereocenters. The summed E-state index contributed by atoms with van der Waals surface area (Å²) in [4.78, 5) is 12.9. The van der Waals surface area contributed by atoms with Gasteiger partial charge in [-0.05, 0) is 69.1 Å². The molecule has 1 aromatic heterocycles. The Morgan fingerprint density at radius 1 is 1.16 bits per heavy atom. The van der Waals surface area contributed by atoms with Gasteiger partial charge in [0, 0.05) is 17.5 Å². The van der Waals surface area contributed by atoms with Gasteiger partial charge in [-0.3, -0.25) is 4.79 Å². The number of rotatable bonds is 6. The van der Waals surface area contributed by atoms with Crippen molar-refractivity contribution in [3.8, 4) is 0 Å². The molecule has 2 aromatic rings. The topological polar surface area (TPSA) is 47.8 Å². The third kappa shape index (κ3) is 2.92. The SMILES string of the molecule is C[C@H](Sc1nnc(C2CC2)n1C1CC1)C(=O)c1ccc2c(c1)CCC2. The van der Waals surface area contributed by atoms with Gasteiger partial charge in [0.15, 0.2) is 10.9 Å². The Hall–Kier alpha value is -1.62. The molecule has 0 aliphatic heterocycles. The molecule has 1 atom stereocenters. The van der Waals surface area contributed by atoms with E-state index in [-0.39, 0.29) is 11.0 Å². The number of benzene rings is 1. The zero-order valence-corrected chi connectivity index (χ0v) is 15.4. The number of ketones is 1. The highest BCUT2D eigenvalue weighted by molar-refractivity contribution is 8.00. The van der Waals surface area contributed by atoms with Gasteiger partial charge in [0.1, 0.15) is 5.82 Å². The summed E-state index contributed by atoms with van der Waals surface area (Å²) < 4.78 is 2.33. The van der Waals surface area contributed by atoms with Gasteiger partial charge in [-0.2, -0.15) is 0 Å². The largest absolute Gasteiger partial charge is 0.303 e. The molecule has 130 valence electrons. The van der Waals surface area contributed by atoms with Gasteiger partial charge >= 0.3 is 0 Å². The summed E-state index contributed by atoms with van der Waals surface area (Å²) in [5.74, 6) is 1.96. The lowest BCUT2D eigenvalue weighted by molar-refractivity contribution is 0.0993. The van der Waals surface area contributed by atoms with Gasteiger partial charge in [-0.1, -0.05) is 23.9 Å². The van der Waals surface area contributed by atoms with Crippen LogP contribution in [0.3, 0.4) is 0 Å². The van der Waals surface area contributed by atoms with Crippen LogP contribution in [0.4, 0.5) is 0 Å². The normalized spacial score (nSPS) is 20.5. The molecule has 3 aliphatic carbocycles. The molecule has 0 N–H and O–H groups in total. The highest BCUT2D eigenvalue weighted by Gasteiger charge is 2.37. The van der Waals surface area contributed by atoms with Crippen LogP contribution in [-0.2, 0) is 12.8 Å². The molecule has 2 fully saturated rings. The Labute approximate surface area is 152 Å². The van der Waals surface area contributed by atoms with Crippen molar-refractivity contribution < 1.29 is 4.79 Å². The number of hydrogen-bond acceptors (Lipinski definition) is 4. The average Bonchev–Trinajstić information content (AvgIpc) is 3.55. The van der Waals surface area contributed by atoms with Crippen molar-refractivity contribution in [3.63, 3.8) is 0 Å². The van der Waals surface area contributed by atoms with Crippen molar-refractivity contribution in [2.45, 2.75) is 74.2 Å². The molecular weight excluding hydrogens is 330 g/mol. The van der Waals surface area contributed by atoms with E-state index in [2.05, 4.69) is 26.9 Å². The highest BCUT2D eigenvalue weighted by Crippen LogP contribution is 2.46. The van der Waals surface area contributed by atoms with Crippen molar-refractivity contribution in [2.24, 2.45) is 0 Å². The summed E-state index contributed by atoms with van der Waals surface area (Å²) in [6, 6.07) is 6.83. The standard InChI is InChI=1S/C20H23N3OS/c1-12(18(24)16-8-5-13-3-2-4-15(13)11-16)25-20-22-21-19(14-6-7-14)23(20)17-9-10-17/h5,8,11-12,14,17H,2-4,6-7,9-10H2,1H3/t12-/m0/s1. The van der Waals surface area contributed by atoms with E-state index in [1.807, 2.05) is 13.0 Å². The van der Waals surface area contributed by atoms with E-state index < -0.39 is 0 Å². The van der Waals surface area contributed by atoms with Crippen molar-refractivity contribution in [2.75, 3.05) is 0 Å². The first-order valence-electron chi connectivity index (χ1n) is 9.48. The number of thioether (sulfide) groups is 1. The third-order valence-electron chi connectivity index (χ3n) is 5.58. The number of carbonyl (C=O) groups excluding carboxylic acids is 1. The second-order valence-electron chi connectivity index (χ2n) is 7.68. The molecule has 0 bridgehead atoms. The van der Waals surface area contributed by atoms with Gasteiger partial charge < -0.3 is 4.57 Å². The molecule has 1 heterocycles. The molecule has 2 saturated carbocycles. The minimum atomic E-state index is -0.131. The van der Waals surface area contributed by atoms with E-state index in [1.54, 1.807) is 11.8 Å². The molecule has 0 radical (unpaired) electrons. The molecule has 5 heteroatoms. The summed E-state index contributed by atoms with van der Waals surface area (Å²) in [6.45, 7) is 2.00. The number of hydrogen-bond donors (Lipinski definition) is 0. The zero-order chi connectivity index (χ0) is 17.0. The zero-order valence-electron chi connectivity index (χ0n) is 14.6. The van der Waals surface area contributed by atoms with E-state index in [4.69, 9.17) is 0 Å². The first-order valence-corrected chi connectivity index (χ1v) is 10.4. The van der Waals surface area contributed by atoms with Crippen LogP contribution in [0.15, 0.2) is 23.4 Å². The number of aromatic nitrogens is 3. The number of Topliss-reactive ketones (excluding diaryl/α,β-unsaturated/α-hetero) is 1. The van der Waals surface area contributed by atoms with Gasteiger partial charge in [0.2, 0.25) is 0 Å². The summed E-state index contributed by atoms with van der Waals surface area (Å²) >= 11 is 1.58. The van der Waals surface area contributed by atoms with Crippen molar-refractivity contribution in [3.05, 3.63) is 40.7 Å². The van der Waals surface area contributed by atoms with Crippen LogP contribution < -0.4 is 0 Å². The minimum Gasteiger partial charge on any atom is -0.303 e. The number of aryl methyl sites for hydroxylation is 2. The molecule has 0 spiro atoms. The predicted octanol–water partition coefficient (Wildman–Crippen LogP) is 4.34. The quantitative estimate of drug-likeness (QED) is 0.572. The Kier molecular flexibility index (Phi) is 3.73. The lowest BCUT2D eigenvalue weighted by Crippen LogP contribution is -2.15. The molecule has 3 aliphatic rings. The Morgan fingerprint density at radius 2 is 1.96 bits per heavy atom. The smallest absolute Gasteiger partial charge is 0.192 e. The van der Waals surface area contributed by atoms with Crippen LogP contribution in [0.1, 0.15) is 78.3 Å². The van der Waals surface area contributed by atoms with Crippen molar-refractivity contribution in [1.29, 1.82) is 0 Å². The molecule has 0 saturated heterocycles. The maximum Gasteiger partial charge on any atom is 0.192 e. The first kappa shape index (κ1) is 15.6. The number of fused-ring (bicyclic) bond motifs is 1. The third-order valence-corrected chi connectivity index (χ3v) is 6.64.